The van der Waals surface area contributed by atoms with E-state index in [9.17, 15) is 8.42 Å². The number of aryl methyl sites for hydroxylation is 1. The molecule has 0 saturated heterocycles. The number of rotatable bonds is 4. The maximum atomic E-state index is 12.7. The molecule has 26 heavy (non-hydrogen) atoms. The average Bonchev–Trinajstić information content (AvgIpc) is 2.62. The smallest absolute Gasteiger partial charge is 0.285 e. The molecule has 4 nitrogen and oxygen atoms in total. The van der Waals surface area contributed by atoms with Gasteiger partial charge in [-0.2, -0.15) is 8.42 Å². The summed E-state index contributed by atoms with van der Waals surface area (Å²) in [5.41, 5.74) is 1.56. The van der Waals surface area contributed by atoms with Crippen molar-refractivity contribution in [3.8, 4) is 5.75 Å². The number of ether oxygens (including phenoxy) is 1. The van der Waals surface area contributed by atoms with E-state index in [1.54, 1.807) is 30.3 Å². The maximum absolute atomic E-state index is 12.7. The molecule has 0 atom stereocenters. The summed E-state index contributed by atoms with van der Waals surface area (Å²) in [5, 5.41) is 0.451. The van der Waals surface area contributed by atoms with Crippen molar-refractivity contribution >= 4 is 27.5 Å². The minimum atomic E-state index is -3.95. The molecule has 0 radical (unpaired) electrons. The van der Waals surface area contributed by atoms with Crippen molar-refractivity contribution in [1.29, 1.82) is 0 Å². The quantitative estimate of drug-likeness (QED) is 0.476. The normalized spacial score (nSPS) is 12.0. The summed E-state index contributed by atoms with van der Waals surface area (Å²) in [6.45, 7) is 1.93. The molecule has 0 amide bonds. The molecule has 0 fully saturated rings. The van der Waals surface area contributed by atoms with Crippen molar-refractivity contribution in [3.63, 3.8) is 0 Å². The molecular weight excluding hydrogens is 370 g/mol. The van der Waals surface area contributed by atoms with Crippen molar-refractivity contribution in [1.82, 2.24) is 0 Å². The SMILES string of the molecule is Cc1cccc(O/C(=N/S(=O)(=O)c2ccc(Cl)cc2)c2ccccc2)c1. The molecule has 0 heterocycles. The molecule has 0 bridgehead atoms. The van der Waals surface area contributed by atoms with Gasteiger partial charge < -0.3 is 4.74 Å². The second-order valence-corrected chi connectivity index (χ2v) is 7.65. The lowest BCUT2D eigenvalue weighted by molar-refractivity contribution is 0.550. The molecule has 0 unspecified atom stereocenters. The van der Waals surface area contributed by atoms with E-state index < -0.39 is 10.0 Å². The molecule has 0 aromatic heterocycles. The van der Waals surface area contributed by atoms with E-state index in [1.165, 1.54) is 24.3 Å². The summed E-state index contributed by atoms with van der Waals surface area (Å²) in [4.78, 5) is 0.0446. The number of hydrogen-bond acceptors (Lipinski definition) is 3. The van der Waals surface area contributed by atoms with Gasteiger partial charge in [0.25, 0.3) is 10.0 Å². The Morgan fingerprint density at radius 3 is 2.27 bits per heavy atom. The average molecular weight is 386 g/mol. The fourth-order valence-corrected chi connectivity index (χ4v) is 3.34. The molecule has 3 aromatic carbocycles. The van der Waals surface area contributed by atoms with Gasteiger partial charge in [0.15, 0.2) is 0 Å². The van der Waals surface area contributed by atoms with Crippen LogP contribution in [0.5, 0.6) is 5.75 Å². The summed E-state index contributed by atoms with van der Waals surface area (Å²) in [6, 6.07) is 22.1. The van der Waals surface area contributed by atoms with Crippen LogP contribution < -0.4 is 4.74 Å². The molecule has 0 saturated carbocycles. The standard InChI is InChI=1S/C20H16ClNO3S/c1-15-6-5-9-18(14-15)25-20(16-7-3-2-4-8-16)22-26(23,24)19-12-10-17(21)11-13-19/h2-14H,1H3/b22-20+. The van der Waals surface area contributed by atoms with Gasteiger partial charge in [0.1, 0.15) is 5.75 Å². The second-order valence-electron chi connectivity index (χ2n) is 5.61. The number of benzene rings is 3. The summed E-state index contributed by atoms with van der Waals surface area (Å²) in [7, 11) is -3.95. The molecule has 0 aliphatic heterocycles. The van der Waals surface area contributed by atoms with E-state index in [0.717, 1.165) is 5.56 Å². The van der Waals surface area contributed by atoms with Gasteiger partial charge >= 0.3 is 0 Å². The van der Waals surface area contributed by atoms with Crippen LogP contribution in [0.25, 0.3) is 0 Å². The lowest BCUT2D eigenvalue weighted by Gasteiger charge is -2.10. The Labute approximate surface area is 157 Å². The van der Waals surface area contributed by atoms with Gasteiger partial charge in [0.2, 0.25) is 5.90 Å². The second kappa shape index (κ2) is 7.72. The third-order valence-corrected chi connectivity index (χ3v) is 5.07. The highest BCUT2D eigenvalue weighted by Crippen LogP contribution is 2.20. The highest BCUT2D eigenvalue weighted by atomic mass is 35.5. The predicted molar refractivity (Wildman–Crippen MR) is 103 cm³/mol. The van der Waals surface area contributed by atoms with Crippen LogP contribution in [0, 0.1) is 6.92 Å². The van der Waals surface area contributed by atoms with E-state index in [2.05, 4.69) is 4.40 Å². The molecule has 0 spiro atoms. The van der Waals surface area contributed by atoms with E-state index in [4.69, 9.17) is 16.3 Å². The van der Waals surface area contributed by atoms with Gasteiger partial charge in [-0.15, -0.1) is 4.40 Å². The van der Waals surface area contributed by atoms with Crippen LogP contribution in [0.2, 0.25) is 5.02 Å². The first kappa shape index (κ1) is 18.2. The molecule has 0 N–H and O–H groups in total. The van der Waals surface area contributed by atoms with Gasteiger partial charge in [-0.25, -0.2) is 0 Å². The lowest BCUT2D eigenvalue weighted by atomic mass is 10.2. The first-order valence-electron chi connectivity index (χ1n) is 7.84. The van der Waals surface area contributed by atoms with E-state index in [0.29, 0.717) is 16.3 Å². The zero-order valence-corrected chi connectivity index (χ0v) is 15.5. The first-order chi connectivity index (χ1) is 12.4. The van der Waals surface area contributed by atoms with Gasteiger partial charge in [-0.05, 0) is 61.0 Å². The van der Waals surface area contributed by atoms with Gasteiger partial charge in [-0.1, -0.05) is 41.9 Å². The zero-order chi connectivity index (χ0) is 18.6. The van der Waals surface area contributed by atoms with Crippen LogP contribution in [-0.2, 0) is 10.0 Å². The van der Waals surface area contributed by atoms with Crippen LogP contribution in [-0.4, -0.2) is 14.3 Å². The fourth-order valence-electron chi connectivity index (χ4n) is 2.27. The van der Waals surface area contributed by atoms with Crippen molar-refractivity contribution in [2.75, 3.05) is 0 Å². The third-order valence-electron chi connectivity index (χ3n) is 3.54. The Bertz CT molecular complexity index is 1030. The minimum absolute atomic E-state index is 0.00569. The van der Waals surface area contributed by atoms with E-state index in [1.807, 2.05) is 31.2 Å². The molecule has 3 rings (SSSR count). The molecule has 6 heteroatoms. The summed E-state index contributed by atoms with van der Waals surface area (Å²) in [5.74, 6) is 0.519. The highest BCUT2D eigenvalue weighted by molar-refractivity contribution is 7.90. The first-order valence-corrected chi connectivity index (χ1v) is 9.66. The van der Waals surface area contributed by atoms with Crippen molar-refractivity contribution in [2.45, 2.75) is 11.8 Å². The molecule has 0 aliphatic rings. The fraction of sp³-hybridized carbons (Fsp3) is 0.0500. The van der Waals surface area contributed by atoms with Crippen LogP contribution >= 0.6 is 11.6 Å². The molecular formula is C20H16ClNO3S. The molecule has 132 valence electrons. The van der Waals surface area contributed by atoms with E-state index >= 15 is 0 Å². The molecule has 0 aliphatic carbocycles. The Morgan fingerprint density at radius 1 is 0.923 bits per heavy atom. The van der Waals surface area contributed by atoms with Gasteiger partial charge in [0, 0.05) is 10.6 Å². The highest BCUT2D eigenvalue weighted by Gasteiger charge is 2.17. The summed E-state index contributed by atoms with van der Waals surface area (Å²) < 4.78 is 35.1. The van der Waals surface area contributed by atoms with Crippen molar-refractivity contribution in [2.24, 2.45) is 4.40 Å². The topological polar surface area (TPSA) is 55.7 Å². The van der Waals surface area contributed by atoms with Gasteiger partial charge in [-0.3, -0.25) is 0 Å². The Kier molecular flexibility index (Phi) is 5.40. The Hall–Kier alpha value is -2.63. The number of nitrogens with zero attached hydrogens (tertiary/aromatic N) is 1. The van der Waals surface area contributed by atoms with Crippen LogP contribution in [0.15, 0.2) is 88.2 Å². The molecule has 3 aromatic rings. The van der Waals surface area contributed by atoms with Gasteiger partial charge in [0.05, 0.1) is 4.90 Å². The monoisotopic (exact) mass is 385 g/mol. The number of hydrogen-bond donors (Lipinski definition) is 0. The van der Waals surface area contributed by atoms with E-state index in [-0.39, 0.29) is 10.8 Å². The Morgan fingerprint density at radius 2 is 1.62 bits per heavy atom. The number of sulfonamides is 1. The maximum Gasteiger partial charge on any atom is 0.285 e. The van der Waals surface area contributed by atoms with Crippen LogP contribution in [0.1, 0.15) is 11.1 Å². The van der Waals surface area contributed by atoms with Crippen LogP contribution in [0.3, 0.4) is 0 Å². The summed E-state index contributed by atoms with van der Waals surface area (Å²) >= 11 is 5.83. The third kappa shape index (κ3) is 4.50. The van der Waals surface area contributed by atoms with Crippen molar-refractivity contribution < 1.29 is 13.2 Å². The largest absolute Gasteiger partial charge is 0.438 e. The van der Waals surface area contributed by atoms with Crippen LogP contribution in [0.4, 0.5) is 0 Å². The predicted octanol–water partition coefficient (Wildman–Crippen LogP) is 4.86. The number of halogens is 1. The lowest BCUT2D eigenvalue weighted by Crippen LogP contribution is -2.13. The zero-order valence-electron chi connectivity index (χ0n) is 14.0. The minimum Gasteiger partial charge on any atom is -0.438 e. The Balaban J connectivity index is 2.05. The summed E-state index contributed by atoms with van der Waals surface area (Å²) in [6.07, 6.45) is 0. The van der Waals surface area contributed by atoms with Crippen molar-refractivity contribution in [3.05, 3.63) is 95.0 Å².